The maximum Gasteiger partial charge on any atom is 0.234 e. The van der Waals surface area contributed by atoms with Gasteiger partial charge in [0, 0.05) is 37.1 Å². The Hall–Kier alpha value is -1.70. The molecule has 0 radical (unpaired) electrons. The number of rotatable bonds is 6. The van der Waals surface area contributed by atoms with Crippen LogP contribution in [0.3, 0.4) is 0 Å². The summed E-state index contributed by atoms with van der Waals surface area (Å²) < 4.78 is 13.5. The first-order valence-electron chi connectivity index (χ1n) is 9.76. The van der Waals surface area contributed by atoms with Crippen LogP contribution in [0.4, 0.5) is 4.39 Å². The van der Waals surface area contributed by atoms with Crippen LogP contribution in [-0.2, 0) is 11.3 Å². The molecule has 2 aliphatic rings. The molecule has 1 amide bonds. The van der Waals surface area contributed by atoms with Gasteiger partial charge >= 0.3 is 0 Å². The second kappa shape index (κ2) is 6.97. The maximum absolute atomic E-state index is 13.5. The molecule has 1 aromatic carbocycles. The van der Waals surface area contributed by atoms with Gasteiger partial charge < -0.3 is 10.3 Å². The van der Waals surface area contributed by atoms with Gasteiger partial charge in [-0.25, -0.2) is 9.37 Å². The van der Waals surface area contributed by atoms with Crippen molar-refractivity contribution >= 4 is 28.5 Å². The van der Waals surface area contributed by atoms with Crippen LogP contribution >= 0.6 is 11.6 Å². The standard InChI is InChI=1S/C20H27ClFN5O/c1-4-19(2,3)25-17(28)8-27-11-20(12-27)9-26(10-20)7-16-23-15-6-13(22)5-14(21)18(15)24-16/h5-6H,4,7-12H2,1-3H3,(H,23,24)(H,25,28). The second-order valence-electron chi connectivity index (χ2n) is 9.04. The molecule has 152 valence electrons. The number of benzene rings is 1. The number of hydrogen-bond donors (Lipinski definition) is 2. The number of nitrogens with zero attached hydrogens (tertiary/aromatic N) is 3. The highest BCUT2D eigenvalue weighted by atomic mass is 35.5. The number of likely N-dealkylation sites (tertiary alicyclic amines) is 2. The van der Waals surface area contributed by atoms with Crippen molar-refractivity contribution in [2.24, 2.45) is 5.41 Å². The van der Waals surface area contributed by atoms with E-state index in [-0.39, 0.29) is 17.3 Å². The lowest BCUT2D eigenvalue weighted by Crippen LogP contribution is -2.72. The Kier molecular flexibility index (Phi) is 4.88. The number of amides is 1. The van der Waals surface area contributed by atoms with Crippen LogP contribution in [0.5, 0.6) is 0 Å². The highest BCUT2D eigenvalue weighted by Gasteiger charge is 2.51. The lowest BCUT2D eigenvalue weighted by molar-refractivity contribution is -0.139. The average Bonchev–Trinajstić information content (AvgIpc) is 2.93. The third-order valence-corrected chi connectivity index (χ3v) is 6.18. The molecule has 0 aliphatic carbocycles. The number of carbonyl (C=O) groups is 1. The normalized spacial score (nSPS) is 19.6. The van der Waals surface area contributed by atoms with E-state index in [1.54, 1.807) is 0 Å². The largest absolute Gasteiger partial charge is 0.350 e. The topological polar surface area (TPSA) is 64.3 Å². The molecule has 3 heterocycles. The third-order valence-electron chi connectivity index (χ3n) is 5.89. The van der Waals surface area contributed by atoms with E-state index in [1.807, 2.05) is 13.8 Å². The second-order valence-corrected chi connectivity index (χ2v) is 9.45. The van der Waals surface area contributed by atoms with Crippen LogP contribution in [0.2, 0.25) is 5.02 Å². The van der Waals surface area contributed by atoms with Gasteiger partial charge in [0.05, 0.1) is 23.6 Å². The molecular weight excluding hydrogens is 381 g/mol. The zero-order valence-corrected chi connectivity index (χ0v) is 17.4. The lowest BCUT2D eigenvalue weighted by atomic mass is 9.73. The molecule has 0 atom stereocenters. The molecule has 0 bridgehead atoms. The number of halogens is 2. The van der Waals surface area contributed by atoms with Crippen molar-refractivity contribution < 1.29 is 9.18 Å². The summed E-state index contributed by atoms with van der Waals surface area (Å²) in [5.74, 6) is 0.537. The summed E-state index contributed by atoms with van der Waals surface area (Å²) in [7, 11) is 0. The molecule has 8 heteroatoms. The SMILES string of the molecule is CCC(C)(C)NC(=O)CN1CC2(C1)CN(Cc1nc3c(Cl)cc(F)cc3[nH]1)C2. The van der Waals surface area contributed by atoms with E-state index in [2.05, 4.69) is 32.0 Å². The minimum absolute atomic E-state index is 0.101. The molecule has 2 aromatic rings. The van der Waals surface area contributed by atoms with E-state index in [9.17, 15) is 9.18 Å². The zero-order chi connectivity index (χ0) is 20.1. The Labute approximate surface area is 169 Å². The molecule has 2 saturated heterocycles. The molecule has 4 rings (SSSR count). The van der Waals surface area contributed by atoms with Gasteiger partial charge in [-0.3, -0.25) is 14.6 Å². The van der Waals surface area contributed by atoms with Crippen molar-refractivity contribution in [2.45, 2.75) is 39.3 Å². The van der Waals surface area contributed by atoms with Crippen molar-refractivity contribution in [1.29, 1.82) is 0 Å². The van der Waals surface area contributed by atoms with Crippen LogP contribution in [0.25, 0.3) is 11.0 Å². The molecule has 2 N–H and O–H groups in total. The summed E-state index contributed by atoms with van der Waals surface area (Å²) in [6, 6.07) is 2.71. The van der Waals surface area contributed by atoms with Gasteiger partial charge in [-0.2, -0.15) is 0 Å². The number of H-pyrrole nitrogens is 1. The number of aromatic nitrogens is 2. The lowest BCUT2D eigenvalue weighted by Gasteiger charge is -2.60. The third kappa shape index (κ3) is 3.88. The molecule has 1 spiro atoms. The van der Waals surface area contributed by atoms with Crippen molar-refractivity contribution in [3.63, 3.8) is 0 Å². The van der Waals surface area contributed by atoms with E-state index in [0.717, 1.165) is 38.4 Å². The highest BCUT2D eigenvalue weighted by Crippen LogP contribution is 2.40. The number of aromatic amines is 1. The van der Waals surface area contributed by atoms with E-state index < -0.39 is 0 Å². The van der Waals surface area contributed by atoms with Crippen molar-refractivity contribution in [3.8, 4) is 0 Å². The molecule has 0 unspecified atom stereocenters. The van der Waals surface area contributed by atoms with Gasteiger partial charge in [-0.05, 0) is 32.4 Å². The van der Waals surface area contributed by atoms with Crippen LogP contribution in [0.1, 0.15) is 33.0 Å². The quantitative estimate of drug-likeness (QED) is 0.772. The maximum atomic E-state index is 13.5. The number of carbonyl (C=O) groups excluding carboxylic acids is 1. The Bertz CT molecular complexity index is 897. The predicted molar refractivity (Wildman–Crippen MR) is 108 cm³/mol. The van der Waals surface area contributed by atoms with Gasteiger partial charge in [-0.15, -0.1) is 0 Å². The number of nitrogens with one attached hydrogen (secondary N) is 2. The van der Waals surface area contributed by atoms with Gasteiger partial charge in [0.2, 0.25) is 5.91 Å². The summed E-state index contributed by atoms with van der Waals surface area (Å²) in [6.07, 6.45) is 0.914. The first-order valence-corrected chi connectivity index (χ1v) is 10.1. The minimum atomic E-state index is -0.364. The molecule has 28 heavy (non-hydrogen) atoms. The van der Waals surface area contributed by atoms with Crippen LogP contribution in [0.15, 0.2) is 12.1 Å². The van der Waals surface area contributed by atoms with Crippen molar-refractivity contribution in [1.82, 2.24) is 25.1 Å². The monoisotopic (exact) mass is 407 g/mol. The minimum Gasteiger partial charge on any atom is -0.350 e. The number of hydrogen-bond acceptors (Lipinski definition) is 4. The van der Waals surface area contributed by atoms with E-state index in [1.165, 1.54) is 12.1 Å². The highest BCUT2D eigenvalue weighted by molar-refractivity contribution is 6.34. The molecule has 6 nitrogen and oxygen atoms in total. The Morgan fingerprint density at radius 2 is 2.00 bits per heavy atom. The fourth-order valence-corrected chi connectivity index (χ4v) is 4.57. The van der Waals surface area contributed by atoms with E-state index in [4.69, 9.17) is 11.6 Å². The van der Waals surface area contributed by atoms with Gasteiger partial charge in [0.1, 0.15) is 17.2 Å². The fraction of sp³-hybridized carbons (Fsp3) is 0.600. The Morgan fingerprint density at radius 3 is 2.68 bits per heavy atom. The van der Waals surface area contributed by atoms with Gasteiger partial charge in [0.15, 0.2) is 0 Å². The fourth-order valence-electron chi connectivity index (χ4n) is 4.32. The van der Waals surface area contributed by atoms with E-state index >= 15 is 0 Å². The summed E-state index contributed by atoms with van der Waals surface area (Å²) in [5.41, 5.74) is 1.40. The summed E-state index contributed by atoms with van der Waals surface area (Å²) in [5, 5.41) is 3.42. The molecule has 2 fully saturated rings. The predicted octanol–water partition coefficient (Wildman–Crippen LogP) is 2.78. The van der Waals surface area contributed by atoms with Crippen molar-refractivity contribution in [2.75, 3.05) is 32.7 Å². The Balaban J connectivity index is 1.25. The summed E-state index contributed by atoms with van der Waals surface area (Å²) in [4.78, 5) is 24.4. The van der Waals surface area contributed by atoms with Crippen LogP contribution < -0.4 is 5.32 Å². The van der Waals surface area contributed by atoms with Crippen LogP contribution in [-0.4, -0.2) is 63.9 Å². The van der Waals surface area contributed by atoms with Crippen LogP contribution in [0, 0.1) is 11.2 Å². The van der Waals surface area contributed by atoms with Gasteiger partial charge in [0.25, 0.3) is 0 Å². The first-order chi connectivity index (χ1) is 13.2. The van der Waals surface area contributed by atoms with Gasteiger partial charge in [-0.1, -0.05) is 18.5 Å². The summed E-state index contributed by atoms with van der Waals surface area (Å²) >= 11 is 6.07. The smallest absolute Gasteiger partial charge is 0.234 e. The Morgan fingerprint density at radius 1 is 1.32 bits per heavy atom. The molecule has 1 aromatic heterocycles. The molecular formula is C20H27ClFN5O. The first kappa shape index (κ1) is 19.6. The van der Waals surface area contributed by atoms with E-state index in [0.29, 0.717) is 34.6 Å². The average molecular weight is 408 g/mol. The molecule has 2 aliphatic heterocycles. The zero-order valence-electron chi connectivity index (χ0n) is 16.6. The molecule has 0 saturated carbocycles. The summed E-state index contributed by atoms with van der Waals surface area (Å²) in [6.45, 7) is 11.2. The number of imidazole rings is 1. The van der Waals surface area contributed by atoms with Crippen molar-refractivity contribution in [3.05, 3.63) is 28.8 Å². The number of fused-ring (bicyclic) bond motifs is 1.